The highest BCUT2D eigenvalue weighted by Gasteiger charge is 2.21. The lowest BCUT2D eigenvalue weighted by atomic mass is 9.94. The van der Waals surface area contributed by atoms with E-state index >= 15 is 0 Å². The molecule has 1 aromatic carbocycles. The van der Waals surface area contributed by atoms with E-state index < -0.39 is 0 Å². The minimum atomic E-state index is 0.143. The number of hydrogen-bond acceptors (Lipinski definition) is 3. The van der Waals surface area contributed by atoms with Gasteiger partial charge in [0.05, 0.1) is 5.52 Å². The van der Waals surface area contributed by atoms with Crippen molar-refractivity contribution in [1.29, 1.82) is 0 Å². The van der Waals surface area contributed by atoms with Crippen molar-refractivity contribution in [3.8, 4) is 0 Å². The van der Waals surface area contributed by atoms with Gasteiger partial charge in [0, 0.05) is 37.0 Å². The Bertz CT molecular complexity index is 560. The van der Waals surface area contributed by atoms with Crippen molar-refractivity contribution in [2.24, 2.45) is 0 Å². The van der Waals surface area contributed by atoms with Gasteiger partial charge in [-0.15, -0.1) is 0 Å². The van der Waals surface area contributed by atoms with Crippen molar-refractivity contribution >= 4 is 16.7 Å². The Morgan fingerprint density at radius 2 is 2.12 bits per heavy atom. The molecular formula is C14H14N2O. The molecule has 1 saturated heterocycles. The normalized spacial score (nSPS) is 20.7. The van der Waals surface area contributed by atoms with Gasteiger partial charge in [0.2, 0.25) is 0 Å². The SMILES string of the molecule is O=C1CCNC(c2ccnc3ccccc23)C1. The molecule has 1 atom stereocenters. The van der Waals surface area contributed by atoms with E-state index in [4.69, 9.17) is 0 Å². The first-order valence-electron chi connectivity index (χ1n) is 5.93. The molecule has 0 amide bonds. The number of hydrogen-bond donors (Lipinski definition) is 1. The van der Waals surface area contributed by atoms with Crippen molar-refractivity contribution in [1.82, 2.24) is 10.3 Å². The third kappa shape index (κ3) is 1.94. The quantitative estimate of drug-likeness (QED) is 0.810. The number of pyridine rings is 1. The Morgan fingerprint density at radius 3 is 3.00 bits per heavy atom. The summed E-state index contributed by atoms with van der Waals surface area (Å²) in [6.07, 6.45) is 3.06. The predicted molar refractivity (Wildman–Crippen MR) is 66.7 cm³/mol. The Morgan fingerprint density at radius 1 is 1.24 bits per heavy atom. The van der Waals surface area contributed by atoms with Crippen LogP contribution in [-0.2, 0) is 4.79 Å². The van der Waals surface area contributed by atoms with E-state index in [0.29, 0.717) is 18.6 Å². The summed E-state index contributed by atoms with van der Waals surface area (Å²) in [5.74, 6) is 0.342. The molecule has 86 valence electrons. The first-order chi connectivity index (χ1) is 8.34. The summed E-state index contributed by atoms with van der Waals surface area (Å²) in [6, 6.07) is 10.2. The molecule has 17 heavy (non-hydrogen) atoms. The van der Waals surface area contributed by atoms with Crippen LogP contribution in [-0.4, -0.2) is 17.3 Å². The number of ketones is 1. The first kappa shape index (κ1) is 10.4. The van der Waals surface area contributed by atoms with Crippen LogP contribution in [0, 0.1) is 0 Å². The fourth-order valence-corrected chi connectivity index (χ4v) is 2.43. The van der Waals surface area contributed by atoms with Gasteiger partial charge in [0.1, 0.15) is 5.78 Å². The standard InChI is InChI=1S/C14H14N2O/c17-10-5-7-16-14(9-10)12-6-8-15-13-4-2-1-3-11(12)13/h1-4,6,8,14,16H,5,7,9H2. The smallest absolute Gasteiger partial charge is 0.136 e. The van der Waals surface area contributed by atoms with E-state index in [1.807, 2.05) is 30.5 Å². The number of rotatable bonds is 1. The fraction of sp³-hybridized carbons (Fsp3) is 0.286. The maximum Gasteiger partial charge on any atom is 0.136 e. The van der Waals surface area contributed by atoms with Crippen LogP contribution < -0.4 is 5.32 Å². The largest absolute Gasteiger partial charge is 0.309 e. The average Bonchev–Trinajstić information content (AvgIpc) is 2.38. The number of carbonyl (C=O) groups is 1. The number of nitrogens with zero attached hydrogens (tertiary/aromatic N) is 1. The van der Waals surface area contributed by atoms with Crippen molar-refractivity contribution in [3.05, 3.63) is 42.1 Å². The lowest BCUT2D eigenvalue weighted by Gasteiger charge is -2.24. The molecule has 0 spiro atoms. The molecule has 1 aromatic heterocycles. The molecule has 0 bridgehead atoms. The summed E-state index contributed by atoms with van der Waals surface area (Å²) in [6.45, 7) is 0.778. The zero-order chi connectivity index (χ0) is 11.7. The number of nitrogens with one attached hydrogen (secondary N) is 1. The van der Waals surface area contributed by atoms with Crippen molar-refractivity contribution in [3.63, 3.8) is 0 Å². The summed E-state index contributed by atoms with van der Waals surface area (Å²) in [4.78, 5) is 15.9. The number of benzene rings is 1. The Labute approximate surface area is 99.9 Å². The minimum Gasteiger partial charge on any atom is -0.309 e. The van der Waals surface area contributed by atoms with Gasteiger partial charge in [-0.2, -0.15) is 0 Å². The Balaban J connectivity index is 2.07. The van der Waals surface area contributed by atoms with Gasteiger partial charge in [-0.1, -0.05) is 18.2 Å². The molecule has 3 nitrogen and oxygen atoms in total. The average molecular weight is 226 g/mol. The number of carbonyl (C=O) groups excluding carboxylic acids is 1. The molecule has 1 fully saturated rings. The zero-order valence-electron chi connectivity index (χ0n) is 9.52. The highest BCUT2D eigenvalue weighted by molar-refractivity contribution is 5.85. The second-order valence-corrected chi connectivity index (χ2v) is 4.42. The molecule has 1 N–H and O–H groups in total. The maximum absolute atomic E-state index is 11.5. The van der Waals surface area contributed by atoms with E-state index in [9.17, 15) is 4.79 Å². The lowest BCUT2D eigenvalue weighted by molar-refractivity contribution is -0.120. The number of aromatic nitrogens is 1. The molecule has 0 radical (unpaired) electrons. The van der Waals surface area contributed by atoms with Crippen molar-refractivity contribution in [2.75, 3.05) is 6.54 Å². The highest BCUT2D eigenvalue weighted by atomic mass is 16.1. The third-order valence-electron chi connectivity index (χ3n) is 3.28. The van der Waals surface area contributed by atoms with E-state index in [0.717, 1.165) is 17.4 Å². The van der Waals surface area contributed by atoms with Crippen LogP contribution in [0.25, 0.3) is 10.9 Å². The van der Waals surface area contributed by atoms with E-state index in [2.05, 4.69) is 16.4 Å². The van der Waals surface area contributed by atoms with Crippen molar-refractivity contribution < 1.29 is 4.79 Å². The van der Waals surface area contributed by atoms with Crippen molar-refractivity contribution in [2.45, 2.75) is 18.9 Å². The van der Waals surface area contributed by atoms with Gasteiger partial charge in [0.15, 0.2) is 0 Å². The van der Waals surface area contributed by atoms with Crippen LogP contribution in [0.5, 0.6) is 0 Å². The molecule has 1 aliphatic heterocycles. The van der Waals surface area contributed by atoms with Crippen LogP contribution in [0.2, 0.25) is 0 Å². The minimum absolute atomic E-state index is 0.143. The topological polar surface area (TPSA) is 42.0 Å². The maximum atomic E-state index is 11.5. The van der Waals surface area contributed by atoms with Gasteiger partial charge in [-0.05, 0) is 17.7 Å². The number of Topliss-reactive ketones (excluding diaryl/α,β-unsaturated/α-hetero) is 1. The summed E-state index contributed by atoms with van der Waals surface area (Å²) in [5.41, 5.74) is 2.17. The molecule has 3 rings (SSSR count). The molecule has 1 aliphatic rings. The number of para-hydroxylation sites is 1. The Kier molecular flexibility index (Phi) is 2.61. The molecule has 0 saturated carbocycles. The lowest BCUT2D eigenvalue weighted by Crippen LogP contribution is -2.31. The Hall–Kier alpha value is -1.74. The van der Waals surface area contributed by atoms with Gasteiger partial charge in [0.25, 0.3) is 0 Å². The fourth-order valence-electron chi connectivity index (χ4n) is 2.43. The van der Waals surface area contributed by atoms with E-state index in [1.54, 1.807) is 0 Å². The highest BCUT2D eigenvalue weighted by Crippen LogP contribution is 2.27. The zero-order valence-corrected chi connectivity index (χ0v) is 9.52. The second kappa shape index (κ2) is 4.26. The predicted octanol–water partition coefficient (Wildman–Crippen LogP) is 2.23. The third-order valence-corrected chi connectivity index (χ3v) is 3.28. The van der Waals surface area contributed by atoms with Crippen LogP contribution in [0.1, 0.15) is 24.4 Å². The first-order valence-corrected chi connectivity index (χ1v) is 5.93. The summed E-state index contributed by atoms with van der Waals surface area (Å²) < 4.78 is 0. The van der Waals surface area contributed by atoms with Gasteiger partial charge in [-0.3, -0.25) is 9.78 Å². The van der Waals surface area contributed by atoms with Gasteiger partial charge in [-0.25, -0.2) is 0 Å². The van der Waals surface area contributed by atoms with Gasteiger partial charge < -0.3 is 5.32 Å². The van der Waals surface area contributed by atoms with E-state index in [-0.39, 0.29) is 6.04 Å². The number of fused-ring (bicyclic) bond motifs is 1. The van der Waals surface area contributed by atoms with Crippen LogP contribution in [0.4, 0.5) is 0 Å². The van der Waals surface area contributed by atoms with Gasteiger partial charge >= 0.3 is 0 Å². The summed E-state index contributed by atoms with van der Waals surface area (Å²) >= 11 is 0. The second-order valence-electron chi connectivity index (χ2n) is 4.42. The molecule has 2 heterocycles. The molecule has 2 aromatic rings. The summed E-state index contributed by atoms with van der Waals surface area (Å²) in [7, 11) is 0. The van der Waals surface area contributed by atoms with E-state index in [1.165, 1.54) is 5.56 Å². The molecular weight excluding hydrogens is 212 g/mol. The summed E-state index contributed by atoms with van der Waals surface area (Å²) in [5, 5.41) is 4.55. The monoisotopic (exact) mass is 226 g/mol. The molecule has 0 aliphatic carbocycles. The van der Waals surface area contributed by atoms with Crippen LogP contribution in [0.3, 0.4) is 0 Å². The number of piperidine rings is 1. The molecule has 3 heteroatoms. The molecule has 1 unspecified atom stereocenters. The van der Waals surface area contributed by atoms with Crippen LogP contribution >= 0.6 is 0 Å². The van der Waals surface area contributed by atoms with Crippen LogP contribution in [0.15, 0.2) is 36.5 Å².